The Morgan fingerprint density at radius 3 is 2.65 bits per heavy atom. The molecule has 0 aliphatic carbocycles. The number of rotatable bonds is 5. The summed E-state index contributed by atoms with van der Waals surface area (Å²) in [4.78, 5) is 11.7. The second kappa shape index (κ2) is 6.28. The number of ether oxygens (including phenoxy) is 1. The fourth-order valence-corrected chi connectivity index (χ4v) is 1.64. The molecule has 1 N–H and O–H groups in total. The number of benzene rings is 1. The number of anilines is 1. The van der Waals surface area contributed by atoms with E-state index in [1.165, 1.54) is 5.56 Å². The van der Waals surface area contributed by atoms with Crippen LogP contribution in [-0.2, 0) is 11.2 Å². The van der Waals surface area contributed by atoms with Crippen LogP contribution in [0.3, 0.4) is 0 Å². The third-order valence-electron chi connectivity index (χ3n) is 2.54. The Labute approximate surface area is 103 Å². The molecule has 0 aliphatic heterocycles. The molecule has 0 saturated carbocycles. The lowest BCUT2D eigenvalue weighted by Crippen LogP contribution is -2.14. The van der Waals surface area contributed by atoms with Gasteiger partial charge in [-0.2, -0.15) is 0 Å². The van der Waals surface area contributed by atoms with Gasteiger partial charge in [0, 0.05) is 6.42 Å². The first-order valence-electron chi connectivity index (χ1n) is 6.03. The van der Waals surface area contributed by atoms with Crippen molar-refractivity contribution in [1.29, 1.82) is 0 Å². The first-order chi connectivity index (χ1) is 8.06. The van der Waals surface area contributed by atoms with Crippen LogP contribution in [0.4, 0.5) is 5.69 Å². The number of hydrogen-bond acceptors (Lipinski definition) is 2. The van der Waals surface area contributed by atoms with Crippen molar-refractivity contribution in [3.8, 4) is 5.75 Å². The summed E-state index contributed by atoms with van der Waals surface area (Å²) in [6.07, 6.45) is 1.47. The van der Waals surface area contributed by atoms with Crippen LogP contribution in [-0.4, -0.2) is 13.0 Å². The van der Waals surface area contributed by atoms with E-state index in [1.807, 2.05) is 32.0 Å². The number of carbonyl (C=O) groups is 1. The van der Waals surface area contributed by atoms with Gasteiger partial charge in [0.15, 0.2) is 0 Å². The molecule has 1 aromatic carbocycles. The number of nitrogens with one attached hydrogen (secondary N) is 1. The number of methoxy groups -OCH3 is 1. The lowest BCUT2D eigenvalue weighted by atomic mass is 10.1. The molecule has 0 bridgehead atoms. The highest BCUT2D eigenvalue weighted by Gasteiger charge is 2.09. The molecule has 0 fully saturated rings. The molecule has 0 aromatic heterocycles. The molecular formula is C14H21NO2. The van der Waals surface area contributed by atoms with Gasteiger partial charge in [-0.3, -0.25) is 4.79 Å². The van der Waals surface area contributed by atoms with E-state index < -0.39 is 0 Å². The van der Waals surface area contributed by atoms with Crippen LogP contribution in [0.25, 0.3) is 0 Å². The molecule has 0 saturated heterocycles. The summed E-state index contributed by atoms with van der Waals surface area (Å²) in [5.41, 5.74) is 1.95. The molecule has 3 nitrogen and oxygen atoms in total. The van der Waals surface area contributed by atoms with Crippen LogP contribution in [0.5, 0.6) is 5.75 Å². The molecule has 94 valence electrons. The van der Waals surface area contributed by atoms with E-state index in [0.29, 0.717) is 18.1 Å². The summed E-state index contributed by atoms with van der Waals surface area (Å²) in [6, 6.07) is 5.87. The molecular weight excluding hydrogens is 214 g/mol. The minimum atomic E-state index is 0.0338. The predicted octanol–water partition coefficient (Wildman–Crippen LogP) is 3.24. The summed E-state index contributed by atoms with van der Waals surface area (Å²) >= 11 is 0. The zero-order valence-electron chi connectivity index (χ0n) is 11.0. The fourth-order valence-electron chi connectivity index (χ4n) is 1.64. The maximum absolute atomic E-state index is 11.7. The van der Waals surface area contributed by atoms with Crippen molar-refractivity contribution in [2.45, 2.75) is 33.6 Å². The van der Waals surface area contributed by atoms with Gasteiger partial charge in [0.2, 0.25) is 5.91 Å². The minimum absolute atomic E-state index is 0.0338. The fraction of sp³-hybridized carbons (Fsp3) is 0.500. The van der Waals surface area contributed by atoms with E-state index in [0.717, 1.165) is 12.1 Å². The van der Waals surface area contributed by atoms with E-state index in [-0.39, 0.29) is 5.91 Å². The maximum atomic E-state index is 11.7. The van der Waals surface area contributed by atoms with Crippen LogP contribution >= 0.6 is 0 Å². The zero-order valence-corrected chi connectivity index (χ0v) is 11.0. The Balaban J connectivity index is 2.83. The van der Waals surface area contributed by atoms with Gasteiger partial charge in [0.25, 0.3) is 0 Å². The Bertz CT molecular complexity index is 386. The van der Waals surface area contributed by atoms with Crippen LogP contribution in [0, 0.1) is 5.92 Å². The molecule has 1 amide bonds. The third-order valence-corrected chi connectivity index (χ3v) is 2.54. The average molecular weight is 235 g/mol. The van der Waals surface area contributed by atoms with Crippen molar-refractivity contribution in [3.63, 3.8) is 0 Å². The van der Waals surface area contributed by atoms with Crippen molar-refractivity contribution in [3.05, 3.63) is 23.8 Å². The molecule has 3 heteroatoms. The number of amides is 1. The Kier molecular flexibility index (Phi) is 5.01. The van der Waals surface area contributed by atoms with Gasteiger partial charge >= 0.3 is 0 Å². The first-order valence-corrected chi connectivity index (χ1v) is 6.03. The van der Waals surface area contributed by atoms with E-state index in [4.69, 9.17) is 4.74 Å². The highest BCUT2D eigenvalue weighted by Crippen LogP contribution is 2.26. The predicted molar refractivity (Wildman–Crippen MR) is 70.5 cm³/mol. The van der Waals surface area contributed by atoms with Gasteiger partial charge in [0.1, 0.15) is 5.75 Å². The molecule has 1 rings (SSSR count). The Morgan fingerprint density at radius 2 is 2.12 bits per heavy atom. The van der Waals surface area contributed by atoms with E-state index in [9.17, 15) is 4.79 Å². The second-order valence-electron chi connectivity index (χ2n) is 4.53. The van der Waals surface area contributed by atoms with Gasteiger partial charge in [-0.1, -0.05) is 26.8 Å². The first kappa shape index (κ1) is 13.6. The monoisotopic (exact) mass is 235 g/mol. The van der Waals surface area contributed by atoms with Crippen molar-refractivity contribution in [2.24, 2.45) is 5.92 Å². The molecule has 17 heavy (non-hydrogen) atoms. The molecule has 0 aliphatic rings. The number of aryl methyl sites for hydroxylation is 1. The van der Waals surface area contributed by atoms with Crippen molar-refractivity contribution in [1.82, 2.24) is 0 Å². The highest BCUT2D eigenvalue weighted by atomic mass is 16.5. The van der Waals surface area contributed by atoms with E-state index in [2.05, 4.69) is 12.2 Å². The molecule has 0 radical (unpaired) electrons. The lowest BCUT2D eigenvalue weighted by molar-refractivity contribution is -0.116. The van der Waals surface area contributed by atoms with Gasteiger partial charge in [-0.15, -0.1) is 0 Å². The summed E-state index contributed by atoms with van der Waals surface area (Å²) in [5.74, 6) is 1.10. The maximum Gasteiger partial charge on any atom is 0.224 e. The Hall–Kier alpha value is -1.51. The van der Waals surface area contributed by atoms with Gasteiger partial charge in [0.05, 0.1) is 12.8 Å². The second-order valence-corrected chi connectivity index (χ2v) is 4.53. The Morgan fingerprint density at radius 1 is 1.41 bits per heavy atom. The smallest absolute Gasteiger partial charge is 0.224 e. The molecule has 0 atom stereocenters. The average Bonchev–Trinajstić information content (AvgIpc) is 2.27. The largest absolute Gasteiger partial charge is 0.495 e. The van der Waals surface area contributed by atoms with Crippen molar-refractivity contribution < 1.29 is 9.53 Å². The third kappa shape index (κ3) is 4.10. The van der Waals surface area contributed by atoms with Crippen LogP contribution in [0.1, 0.15) is 32.8 Å². The summed E-state index contributed by atoms with van der Waals surface area (Å²) < 4.78 is 5.24. The van der Waals surface area contributed by atoms with Gasteiger partial charge in [-0.05, 0) is 30.0 Å². The molecule has 0 unspecified atom stereocenters. The van der Waals surface area contributed by atoms with Crippen molar-refractivity contribution >= 4 is 11.6 Å². The minimum Gasteiger partial charge on any atom is -0.495 e. The number of carbonyl (C=O) groups excluding carboxylic acids is 1. The standard InChI is InChI=1S/C14H21NO2/c1-5-11-6-7-13(17-4)12(9-11)15-14(16)8-10(2)3/h6-7,9-10H,5,8H2,1-4H3,(H,15,16). The SMILES string of the molecule is CCc1ccc(OC)c(NC(=O)CC(C)C)c1. The van der Waals surface area contributed by atoms with Crippen LogP contribution in [0.15, 0.2) is 18.2 Å². The van der Waals surface area contributed by atoms with Gasteiger partial charge < -0.3 is 10.1 Å². The molecule has 0 spiro atoms. The number of hydrogen-bond donors (Lipinski definition) is 1. The topological polar surface area (TPSA) is 38.3 Å². The molecule has 0 heterocycles. The van der Waals surface area contributed by atoms with E-state index >= 15 is 0 Å². The van der Waals surface area contributed by atoms with Crippen LogP contribution in [0.2, 0.25) is 0 Å². The highest BCUT2D eigenvalue weighted by molar-refractivity contribution is 5.92. The van der Waals surface area contributed by atoms with Crippen molar-refractivity contribution in [2.75, 3.05) is 12.4 Å². The summed E-state index contributed by atoms with van der Waals surface area (Å²) in [6.45, 7) is 6.14. The lowest BCUT2D eigenvalue weighted by Gasteiger charge is -2.12. The van der Waals surface area contributed by atoms with Gasteiger partial charge in [-0.25, -0.2) is 0 Å². The zero-order chi connectivity index (χ0) is 12.8. The quantitative estimate of drug-likeness (QED) is 0.850. The summed E-state index contributed by atoms with van der Waals surface area (Å²) in [5, 5.41) is 2.90. The van der Waals surface area contributed by atoms with Crippen LogP contribution < -0.4 is 10.1 Å². The molecule has 1 aromatic rings. The normalized spacial score (nSPS) is 10.4. The summed E-state index contributed by atoms with van der Waals surface area (Å²) in [7, 11) is 1.61. The van der Waals surface area contributed by atoms with E-state index in [1.54, 1.807) is 7.11 Å².